The second-order valence-electron chi connectivity index (χ2n) is 8.67. The number of H-pyrrole nitrogens is 1. The number of nitrogens with one attached hydrogen (secondary N) is 2. The lowest BCUT2D eigenvalue weighted by Gasteiger charge is -2.25. The van der Waals surface area contributed by atoms with Crippen LogP contribution in [0, 0.1) is 0 Å². The third kappa shape index (κ3) is 6.48. The number of hydrogen-bond donors (Lipinski definition) is 3. The standard InChI is InChI=1S/C22H29FN3O9P/c1-13(2)33-19(29)14(3)25-36(31,35-15-8-6-5-7-9-15)32-12-16-18(28)22(4,23)20(34-16)26-11-10-17(27)24-21(26)30/h5-11,13-14,16,18,20,28H,12H2,1-4H3,(H,25,31)(H,24,27,30)/t14-,16-,18-,20+,22-,36?/m1/s1. The smallest absolute Gasteiger partial charge is 0.459 e. The monoisotopic (exact) mass is 529 g/mol. The van der Waals surface area contributed by atoms with Gasteiger partial charge >= 0.3 is 19.4 Å². The number of para-hydroxylation sites is 1. The zero-order valence-corrected chi connectivity index (χ0v) is 21.0. The van der Waals surface area contributed by atoms with Gasteiger partial charge in [-0.1, -0.05) is 18.2 Å². The summed E-state index contributed by atoms with van der Waals surface area (Å²) in [6.07, 6.45) is -4.21. The first kappa shape index (κ1) is 27.8. The van der Waals surface area contributed by atoms with Crippen molar-refractivity contribution in [3.63, 3.8) is 0 Å². The van der Waals surface area contributed by atoms with Crippen LogP contribution in [0.3, 0.4) is 0 Å². The predicted molar refractivity (Wildman–Crippen MR) is 125 cm³/mol. The molecule has 0 spiro atoms. The fraction of sp³-hybridized carbons (Fsp3) is 0.500. The van der Waals surface area contributed by atoms with Crippen molar-refractivity contribution in [1.82, 2.24) is 14.6 Å². The zero-order valence-electron chi connectivity index (χ0n) is 20.1. The van der Waals surface area contributed by atoms with E-state index in [0.29, 0.717) is 0 Å². The van der Waals surface area contributed by atoms with Gasteiger partial charge in [0.25, 0.3) is 5.56 Å². The maximum absolute atomic E-state index is 15.4. The molecule has 36 heavy (non-hydrogen) atoms. The molecule has 0 radical (unpaired) electrons. The van der Waals surface area contributed by atoms with Crippen LogP contribution in [0.4, 0.5) is 4.39 Å². The molecule has 1 unspecified atom stereocenters. The first-order valence-corrected chi connectivity index (χ1v) is 12.7. The predicted octanol–water partition coefficient (Wildman–Crippen LogP) is 1.66. The molecule has 3 N–H and O–H groups in total. The van der Waals surface area contributed by atoms with Gasteiger partial charge in [-0.05, 0) is 39.8 Å². The molecule has 2 heterocycles. The van der Waals surface area contributed by atoms with Crippen molar-refractivity contribution in [2.75, 3.05) is 6.61 Å². The summed E-state index contributed by atoms with van der Waals surface area (Å²) >= 11 is 0. The zero-order chi connectivity index (χ0) is 26.7. The van der Waals surface area contributed by atoms with E-state index in [1.54, 1.807) is 32.0 Å². The Hall–Kier alpha value is -2.83. The van der Waals surface area contributed by atoms with Crippen LogP contribution in [-0.2, 0) is 23.4 Å². The SMILES string of the molecule is CC(C)OC(=O)[C@@H](C)NP(=O)(OC[C@H]1O[C@H](n2ccc(=O)[nH]c2=O)[C@](C)(F)[C@@H]1O)Oc1ccccc1. The molecule has 1 fully saturated rings. The summed E-state index contributed by atoms with van der Waals surface area (Å²) in [5.41, 5.74) is -4.12. The third-order valence-electron chi connectivity index (χ3n) is 5.26. The van der Waals surface area contributed by atoms with Gasteiger partial charge in [0, 0.05) is 12.3 Å². The van der Waals surface area contributed by atoms with Crippen LogP contribution < -0.4 is 20.9 Å². The number of rotatable bonds is 10. The van der Waals surface area contributed by atoms with E-state index in [1.165, 1.54) is 19.1 Å². The number of alkyl halides is 1. The fourth-order valence-corrected chi connectivity index (χ4v) is 4.97. The van der Waals surface area contributed by atoms with Gasteiger partial charge in [-0.2, -0.15) is 5.09 Å². The minimum Gasteiger partial charge on any atom is -0.462 e. The van der Waals surface area contributed by atoms with Crippen molar-refractivity contribution < 1.29 is 37.4 Å². The molecule has 1 aliphatic rings. The maximum Gasteiger partial charge on any atom is 0.459 e. The molecule has 198 valence electrons. The molecule has 0 aliphatic carbocycles. The van der Waals surface area contributed by atoms with Gasteiger partial charge in [-0.15, -0.1) is 0 Å². The molecule has 0 bridgehead atoms. The van der Waals surface area contributed by atoms with E-state index in [1.807, 2.05) is 4.98 Å². The Morgan fingerprint density at radius 1 is 1.28 bits per heavy atom. The highest BCUT2D eigenvalue weighted by atomic mass is 31.2. The van der Waals surface area contributed by atoms with Crippen LogP contribution in [0.25, 0.3) is 0 Å². The number of carbonyl (C=O) groups is 1. The van der Waals surface area contributed by atoms with Crippen molar-refractivity contribution in [2.45, 2.75) is 63.9 Å². The molecule has 2 aromatic rings. The maximum atomic E-state index is 15.4. The number of hydrogen-bond acceptors (Lipinski definition) is 9. The molecular formula is C22H29FN3O9P. The Labute approximate surface area is 205 Å². The molecule has 1 aromatic heterocycles. The normalized spacial score (nSPS) is 26.4. The molecular weight excluding hydrogens is 500 g/mol. The number of aromatic amines is 1. The van der Waals surface area contributed by atoms with E-state index in [4.69, 9.17) is 18.5 Å². The molecule has 6 atom stereocenters. The van der Waals surface area contributed by atoms with E-state index in [9.17, 15) is 24.1 Å². The Balaban J connectivity index is 1.80. The highest BCUT2D eigenvalue weighted by Crippen LogP contribution is 2.47. The number of aliphatic hydroxyl groups is 1. The number of nitrogens with zero attached hydrogens (tertiary/aromatic N) is 1. The van der Waals surface area contributed by atoms with Crippen LogP contribution >= 0.6 is 7.75 Å². The van der Waals surface area contributed by atoms with Gasteiger partial charge in [0.2, 0.25) is 0 Å². The lowest BCUT2D eigenvalue weighted by atomic mass is 9.98. The summed E-state index contributed by atoms with van der Waals surface area (Å²) in [5, 5.41) is 13.0. The van der Waals surface area contributed by atoms with Crippen LogP contribution in [0.15, 0.2) is 52.2 Å². The molecule has 0 saturated carbocycles. The number of aliphatic hydroxyl groups excluding tert-OH is 1. The highest BCUT2D eigenvalue weighted by molar-refractivity contribution is 7.52. The quantitative estimate of drug-likeness (QED) is 0.305. The van der Waals surface area contributed by atoms with E-state index >= 15 is 4.39 Å². The Kier molecular flexibility index (Phi) is 8.52. The van der Waals surface area contributed by atoms with Crippen LogP contribution in [0.1, 0.15) is 33.9 Å². The van der Waals surface area contributed by atoms with E-state index in [2.05, 4.69) is 5.09 Å². The molecule has 14 heteroatoms. The van der Waals surface area contributed by atoms with Gasteiger partial charge in [-0.25, -0.2) is 13.8 Å². The third-order valence-corrected chi connectivity index (χ3v) is 6.90. The average Bonchev–Trinajstić information content (AvgIpc) is 3.01. The van der Waals surface area contributed by atoms with Crippen molar-refractivity contribution in [1.29, 1.82) is 0 Å². The lowest BCUT2D eigenvalue weighted by molar-refractivity contribution is -0.149. The summed E-state index contributed by atoms with van der Waals surface area (Å²) in [6.45, 7) is 5.07. The summed E-state index contributed by atoms with van der Waals surface area (Å²) < 4.78 is 51.4. The Bertz CT molecular complexity index is 1220. The van der Waals surface area contributed by atoms with Gasteiger partial charge < -0.3 is 19.1 Å². The topological polar surface area (TPSA) is 158 Å². The van der Waals surface area contributed by atoms with Crippen LogP contribution in [-0.4, -0.2) is 57.3 Å². The number of carbonyl (C=O) groups excluding carboxylic acids is 1. The largest absolute Gasteiger partial charge is 0.462 e. The van der Waals surface area contributed by atoms with Crippen molar-refractivity contribution in [3.05, 3.63) is 63.4 Å². The summed E-state index contributed by atoms with van der Waals surface area (Å²) in [5.74, 6) is -0.560. The summed E-state index contributed by atoms with van der Waals surface area (Å²) in [4.78, 5) is 37.7. The average molecular weight is 529 g/mol. The first-order valence-electron chi connectivity index (χ1n) is 11.1. The minimum absolute atomic E-state index is 0.152. The number of halogens is 1. The van der Waals surface area contributed by atoms with Crippen molar-refractivity contribution in [2.24, 2.45) is 0 Å². The molecule has 1 saturated heterocycles. The van der Waals surface area contributed by atoms with E-state index in [-0.39, 0.29) is 5.75 Å². The highest BCUT2D eigenvalue weighted by Gasteiger charge is 2.55. The van der Waals surface area contributed by atoms with Gasteiger partial charge in [0.15, 0.2) is 11.9 Å². The van der Waals surface area contributed by atoms with E-state index < -0.39 is 67.8 Å². The molecule has 3 rings (SSSR count). The second-order valence-corrected chi connectivity index (χ2v) is 10.4. The Morgan fingerprint density at radius 3 is 2.56 bits per heavy atom. The van der Waals surface area contributed by atoms with Gasteiger partial charge in [0.05, 0.1) is 12.7 Å². The number of aromatic nitrogens is 2. The van der Waals surface area contributed by atoms with Crippen LogP contribution in [0.5, 0.6) is 5.75 Å². The van der Waals surface area contributed by atoms with Crippen molar-refractivity contribution >= 4 is 13.7 Å². The number of benzene rings is 1. The molecule has 1 aliphatic heterocycles. The number of ether oxygens (including phenoxy) is 2. The minimum atomic E-state index is -4.30. The van der Waals surface area contributed by atoms with Crippen molar-refractivity contribution in [3.8, 4) is 5.75 Å². The second kappa shape index (κ2) is 11.1. The van der Waals surface area contributed by atoms with Gasteiger partial charge in [0.1, 0.15) is 24.0 Å². The summed E-state index contributed by atoms with van der Waals surface area (Å²) in [6, 6.07) is 7.86. The molecule has 12 nitrogen and oxygen atoms in total. The van der Waals surface area contributed by atoms with Gasteiger partial charge in [-0.3, -0.25) is 23.7 Å². The number of esters is 1. The fourth-order valence-electron chi connectivity index (χ4n) is 3.47. The van der Waals surface area contributed by atoms with E-state index in [0.717, 1.165) is 23.8 Å². The molecule has 1 aromatic carbocycles. The first-order chi connectivity index (χ1) is 16.8. The Morgan fingerprint density at radius 2 is 1.94 bits per heavy atom. The summed E-state index contributed by atoms with van der Waals surface area (Å²) in [7, 11) is -4.30. The van der Waals surface area contributed by atoms with Crippen LogP contribution in [0.2, 0.25) is 0 Å². The lowest BCUT2D eigenvalue weighted by Crippen LogP contribution is -2.43. The molecule has 0 amide bonds.